The maximum Gasteiger partial charge on any atom is 0.276 e. The number of nitrogens with zero attached hydrogens (tertiary/aromatic N) is 4. The van der Waals surface area contributed by atoms with Crippen molar-refractivity contribution in [1.82, 2.24) is 14.6 Å². The van der Waals surface area contributed by atoms with Crippen molar-refractivity contribution in [2.45, 2.75) is 25.7 Å². The van der Waals surface area contributed by atoms with E-state index in [1.54, 1.807) is 12.1 Å². The Hall–Kier alpha value is -3.03. The van der Waals surface area contributed by atoms with Crippen LogP contribution in [-0.2, 0) is 12.8 Å². The minimum atomic E-state index is -0.484. The minimum Gasteiger partial charge on any atom is -0.382 e. The zero-order valence-corrected chi connectivity index (χ0v) is 12.8. The van der Waals surface area contributed by atoms with Crippen LogP contribution in [0, 0.1) is 5.82 Å². The number of azo groups is 1. The number of nitrogens with two attached hydrogens (primary N) is 1. The summed E-state index contributed by atoms with van der Waals surface area (Å²) in [5.74, 6) is -0.316. The second-order valence-corrected chi connectivity index (χ2v) is 5.73. The van der Waals surface area contributed by atoms with Gasteiger partial charge < -0.3 is 5.73 Å². The van der Waals surface area contributed by atoms with E-state index in [4.69, 9.17) is 5.73 Å². The Morgan fingerprint density at radius 3 is 2.83 bits per heavy atom. The molecule has 0 amide bonds. The Kier molecular flexibility index (Phi) is 3.37. The summed E-state index contributed by atoms with van der Waals surface area (Å²) in [5, 5.41) is 10.7. The van der Waals surface area contributed by atoms with E-state index < -0.39 is 5.82 Å². The number of halogens is 1. The third-order valence-electron chi connectivity index (χ3n) is 4.16. The predicted octanol–water partition coefficient (Wildman–Crippen LogP) is 3.04. The average molecular weight is 326 g/mol. The molecule has 2 heterocycles. The van der Waals surface area contributed by atoms with Crippen LogP contribution in [0.15, 0.2) is 39.3 Å². The molecule has 0 spiro atoms. The first kappa shape index (κ1) is 14.6. The Morgan fingerprint density at radius 2 is 2.00 bits per heavy atom. The maximum absolute atomic E-state index is 13.7. The van der Waals surface area contributed by atoms with Crippen molar-refractivity contribution in [2.24, 2.45) is 10.2 Å². The van der Waals surface area contributed by atoms with E-state index in [-0.39, 0.29) is 22.8 Å². The molecule has 0 unspecified atom stereocenters. The number of hydrogen-bond acceptors (Lipinski definition) is 5. The van der Waals surface area contributed by atoms with Crippen LogP contribution in [0.5, 0.6) is 0 Å². The van der Waals surface area contributed by atoms with E-state index in [0.29, 0.717) is 5.65 Å². The summed E-state index contributed by atoms with van der Waals surface area (Å²) in [4.78, 5) is 17.1. The van der Waals surface area contributed by atoms with Gasteiger partial charge in [-0.1, -0.05) is 12.1 Å². The fraction of sp³-hybridized carbons (Fsp3) is 0.250. The molecular weight excluding hydrogens is 311 g/mol. The second-order valence-electron chi connectivity index (χ2n) is 5.73. The zero-order valence-electron chi connectivity index (χ0n) is 12.8. The highest BCUT2D eigenvalue weighted by Crippen LogP contribution is 2.29. The van der Waals surface area contributed by atoms with Gasteiger partial charge in [0.2, 0.25) is 0 Å². The number of rotatable bonds is 2. The summed E-state index contributed by atoms with van der Waals surface area (Å²) in [5.41, 5.74) is 7.92. The van der Waals surface area contributed by atoms with E-state index >= 15 is 0 Å². The zero-order chi connectivity index (χ0) is 16.7. The molecule has 0 saturated heterocycles. The summed E-state index contributed by atoms with van der Waals surface area (Å²) >= 11 is 0. The number of aromatic nitrogens is 3. The van der Waals surface area contributed by atoms with Gasteiger partial charge in [-0.25, -0.2) is 9.37 Å². The number of aromatic amines is 1. The average Bonchev–Trinajstić information content (AvgIpc) is 2.90. The van der Waals surface area contributed by atoms with Crippen molar-refractivity contribution < 1.29 is 4.39 Å². The van der Waals surface area contributed by atoms with Gasteiger partial charge in [-0.05, 0) is 37.8 Å². The first-order valence-corrected chi connectivity index (χ1v) is 7.73. The van der Waals surface area contributed by atoms with Crippen molar-refractivity contribution in [3.63, 3.8) is 0 Å². The molecule has 1 aromatic carbocycles. The van der Waals surface area contributed by atoms with Crippen LogP contribution >= 0.6 is 0 Å². The molecule has 3 N–H and O–H groups in total. The molecule has 0 saturated carbocycles. The van der Waals surface area contributed by atoms with Crippen LogP contribution < -0.4 is 11.3 Å². The molecule has 0 aliphatic heterocycles. The molecule has 4 rings (SSSR count). The van der Waals surface area contributed by atoms with Crippen molar-refractivity contribution >= 4 is 22.8 Å². The lowest BCUT2D eigenvalue weighted by Gasteiger charge is -2.13. The van der Waals surface area contributed by atoms with Gasteiger partial charge in [-0.15, -0.1) is 10.2 Å². The van der Waals surface area contributed by atoms with Crippen molar-refractivity contribution in [3.8, 4) is 0 Å². The Balaban J connectivity index is 1.87. The number of H-pyrrole nitrogens is 1. The Morgan fingerprint density at radius 1 is 1.21 bits per heavy atom. The molecule has 8 heteroatoms. The summed E-state index contributed by atoms with van der Waals surface area (Å²) in [7, 11) is 0. The van der Waals surface area contributed by atoms with Gasteiger partial charge in [0.05, 0.1) is 5.69 Å². The Bertz CT molecular complexity index is 1020. The molecule has 2 aromatic heterocycles. The molecule has 0 radical (unpaired) electrons. The van der Waals surface area contributed by atoms with Crippen LogP contribution in [0.3, 0.4) is 0 Å². The molecule has 1 aliphatic carbocycles. The van der Waals surface area contributed by atoms with E-state index in [9.17, 15) is 9.18 Å². The van der Waals surface area contributed by atoms with Crippen molar-refractivity contribution in [2.75, 3.05) is 5.73 Å². The van der Waals surface area contributed by atoms with Crippen LogP contribution in [-0.4, -0.2) is 14.6 Å². The monoisotopic (exact) mass is 326 g/mol. The molecule has 0 fully saturated rings. The molecule has 7 nitrogen and oxygen atoms in total. The highest BCUT2D eigenvalue weighted by Gasteiger charge is 2.20. The minimum absolute atomic E-state index is 0.0940. The molecular formula is C16H15FN6O. The highest BCUT2D eigenvalue weighted by atomic mass is 19.1. The van der Waals surface area contributed by atoms with Crippen LogP contribution in [0.2, 0.25) is 0 Å². The predicted molar refractivity (Wildman–Crippen MR) is 87.4 cm³/mol. The first-order valence-electron chi connectivity index (χ1n) is 7.73. The number of nitrogens with one attached hydrogen (secondary N) is 1. The standard InChI is InChI=1S/C16H15FN6O/c17-10-6-2-4-8-12(10)20-21-13-14(18)22-23-15(13)19-11-7-3-1-5-9(11)16(23)24/h2,4,6,8,22H,1,3,5,7,18H2. The quantitative estimate of drug-likeness (QED) is 0.708. The molecule has 1 aliphatic rings. The highest BCUT2D eigenvalue weighted by molar-refractivity contribution is 5.75. The van der Waals surface area contributed by atoms with Gasteiger partial charge in [0.1, 0.15) is 11.5 Å². The molecule has 24 heavy (non-hydrogen) atoms. The van der Waals surface area contributed by atoms with Crippen LogP contribution in [0.25, 0.3) is 5.65 Å². The smallest absolute Gasteiger partial charge is 0.276 e. The van der Waals surface area contributed by atoms with Gasteiger partial charge in [0, 0.05) is 5.56 Å². The SMILES string of the molecule is Nc1[nH]n2c(=O)c3c(nc2c1N=Nc1ccccc1F)CCCC3. The number of aryl methyl sites for hydroxylation is 1. The lowest BCUT2D eigenvalue weighted by atomic mass is 9.97. The molecule has 0 atom stereocenters. The van der Waals surface area contributed by atoms with Gasteiger partial charge in [0.15, 0.2) is 17.2 Å². The summed E-state index contributed by atoms with van der Waals surface area (Å²) in [6.45, 7) is 0. The van der Waals surface area contributed by atoms with Crippen LogP contribution in [0.1, 0.15) is 24.1 Å². The van der Waals surface area contributed by atoms with E-state index in [2.05, 4.69) is 20.3 Å². The first-order chi connectivity index (χ1) is 11.6. The van der Waals surface area contributed by atoms with Crippen molar-refractivity contribution in [1.29, 1.82) is 0 Å². The number of benzene rings is 1. The van der Waals surface area contributed by atoms with E-state index in [0.717, 1.165) is 36.9 Å². The van der Waals surface area contributed by atoms with E-state index in [1.165, 1.54) is 16.6 Å². The third-order valence-corrected chi connectivity index (χ3v) is 4.16. The second kappa shape index (κ2) is 5.55. The fourth-order valence-corrected chi connectivity index (χ4v) is 2.94. The van der Waals surface area contributed by atoms with E-state index in [1.807, 2.05) is 0 Å². The fourth-order valence-electron chi connectivity index (χ4n) is 2.94. The molecule has 122 valence electrons. The number of anilines is 1. The Labute approximate surface area is 136 Å². The van der Waals surface area contributed by atoms with Gasteiger partial charge in [-0.3, -0.25) is 9.89 Å². The van der Waals surface area contributed by atoms with Crippen LogP contribution in [0.4, 0.5) is 21.6 Å². The largest absolute Gasteiger partial charge is 0.382 e. The lowest BCUT2D eigenvalue weighted by molar-refractivity contribution is 0.628. The lowest BCUT2D eigenvalue weighted by Crippen LogP contribution is -2.24. The van der Waals surface area contributed by atoms with Gasteiger partial charge in [0.25, 0.3) is 5.56 Å². The number of hydrogen-bond donors (Lipinski definition) is 2. The summed E-state index contributed by atoms with van der Waals surface area (Å²) in [6, 6.07) is 6.04. The van der Waals surface area contributed by atoms with Gasteiger partial charge >= 0.3 is 0 Å². The number of nitrogen functional groups attached to an aromatic ring is 1. The summed E-state index contributed by atoms with van der Waals surface area (Å²) in [6.07, 6.45) is 3.46. The molecule has 3 aromatic rings. The molecule has 0 bridgehead atoms. The topological polar surface area (TPSA) is 101 Å². The summed E-state index contributed by atoms with van der Waals surface area (Å²) < 4.78 is 14.9. The third kappa shape index (κ3) is 2.27. The van der Waals surface area contributed by atoms with Gasteiger partial charge in [-0.2, -0.15) is 4.52 Å². The number of fused-ring (bicyclic) bond motifs is 2. The van der Waals surface area contributed by atoms with Crippen molar-refractivity contribution in [3.05, 3.63) is 51.7 Å². The normalized spacial score (nSPS) is 14.4. The maximum atomic E-state index is 13.7.